The molecule has 0 radical (unpaired) electrons. The fourth-order valence-electron chi connectivity index (χ4n) is 4.33. The average Bonchev–Trinajstić information content (AvgIpc) is 3.33. The van der Waals surface area contributed by atoms with Gasteiger partial charge in [-0.2, -0.15) is 5.10 Å². The first-order valence-electron chi connectivity index (χ1n) is 11.7. The van der Waals surface area contributed by atoms with Crippen molar-refractivity contribution < 1.29 is 9.53 Å². The molecule has 174 valence electrons. The number of amides is 1. The van der Waals surface area contributed by atoms with Crippen molar-refractivity contribution in [2.75, 3.05) is 44.3 Å². The van der Waals surface area contributed by atoms with Gasteiger partial charge in [0.1, 0.15) is 17.8 Å². The van der Waals surface area contributed by atoms with Gasteiger partial charge in [-0.25, -0.2) is 9.97 Å². The summed E-state index contributed by atoms with van der Waals surface area (Å²) in [5.74, 6) is 0.943. The van der Waals surface area contributed by atoms with E-state index in [1.54, 1.807) is 6.33 Å². The number of anilines is 1. The topological polar surface area (TPSA) is 87.2 Å². The number of H-pyrrole nitrogens is 1. The van der Waals surface area contributed by atoms with E-state index in [0.29, 0.717) is 31.9 Å². The molecule has 0 aliphatic carbocycles. The van der Waals surface area contributed by atoms with Crippen LogP contribution in [0.15, 0.2) is 54.9 Å². The van der Waals surface area contributed by atoms with Crippen LogP contribution >= 0.6 is 0 Å². The second-order valence-corrected chi connectivity index (χ2v) is 8.25. The Labute approximate surface area is 198 Å². The second-order valence-electron chi connectivity index (χ2n) is 8.25. The Morgan fingerprint density at radius 1 is 1.00 bits per heavy atom. The van der Waals surface area contributed by atoms with Crippen molar-refractivity contribution >= 4 is 22.6 Å². The number of morpholine rings is 1. The molecule has 0 spiro atoms. The highest BCUT2D eigenvalue weighted by Crippen LogP contribution is 2.31. The Morgan fingerprint density at radius 3 is 2.47 bits per heavy atom. The van der Waals surface area contributed by atoms with E-state index in [1.807, 2.05) is 55.1 Å². The van der Waals surface area contributed by atoms with Crippen LogP contribution in [0, 0.1) is 0 Å². The average molecular weight is 457 g/mol. The lowest BCUT2D eigenvalue weighted by atomic mass is 10.0. The van der Waals surface area contributed by atoms with Crippen LogP contribution < -0.4 is 4.90 Å². The second kappa shape index (κ2) is 9.61. The molecular weight excluding hydrogens is 428 g/mol. The van der Waals surface area contributed by atoms with Gasteiger partial charge in [0.2, 0.25) is 0 Å². The van der Waals surface area contributed by atoms with E-state index in [-0.39, 0.29) is 5.91 Å². The number of ether oxygens (including phenoxy) is 1. The van der Waals surface area contributed by atoms with Crippen molar-refractivity contribution in [1.82, 2.24) is 25.1 Å². The van der Waals surface area contributed by atoms with Crippen LogP contribution in [0.3, 0.4) is 0 Å². The molecule has 8 heteroatoms. The molecule has 0 saturated carbocycles. The van der Waals surface area contributed by atoms with Gasteiger partial charge in [0.25, 0.3) is 5.91 Å². The van der Waals surface area contributed by atoms with Crippen molar-refractivity contribution in [2.24, 2.45) is 0 Å². The Balaban J connectivity index is 1.45. The van der Waals surface area contributed by atoms with Gasteiger partial charge in [-0.05, 0) is 49.2 Å². The first kappa shape index (κ1) is 22.0. The maximum absolute atomic E-state index is 12.6. The summed E-state index contributed by atoms with van der Waals surface area (Å²) in [6, 6.07) is 16.0. The molecular formula is C26H28N6O2. The SMILES string of the molecule is CCN(CC)C(=O)c1ccc(-c2ccc3[nH]nc(-c4cc(N5CCOCC5)ncn4)c3c2)cc1. The third kappa shape index (κ3) is 4.24. The zero-order chi connectivity index (χ0) is 23.5. The molecule has 1 aliphatic heterocycles. The number of fused-ring (bicyclic) bond motifs is 1. The summed E-state index contributed by atoms with van der Waals surface area (Å²) in [5, 5.41) is 8.67. The number of aromatic nitrogens is 4. The summed E-state index contributed by atoms with van der Waals surface area (Å²) in [4.78, 5) is 25.6. The highest BCUT2D eigenvalue weighted by atomic mass is 16.5. The van der Waals surface area contributed by atoms with Gasteiger partial charge >= 0.3 is 0 Å². The van der Waals surface area contributed by atoms with Gasteiger partial charge in [-0.15, -0.1) is 0 Å². The summed E-state index contributed by atoms with van der Waals surface area (Å²) in [6.07, 6.45) is 1.59. The van der Waals surface area contributed by atoms with E-state index >= 15 is 0 Å². The molecule has 1 amide bonds. The minimum atomic E-state index is 0.0592. The summed E-state index contributed by atoms with van der Waals surface area (Å²) in [5.41, 5.74) is 5.32. The first-order chi connectivity index (χ1) is 16.7. The molecule has 1 saturated heterocycles. The molecule has 1 aliphatic rings. The third-order valence-corrected chi connectivity index (χ3v) is 6.31. The van der Waals surface area contributed by atoms with Crippen LogP contribution in [0.2, 0.25) is 0 Å². The predicted molar refractivity (Wildman–Crippen MR) is 133 cm³/mol. The maximum atomic E-state index is 12.6. The summed E-state index contributed by atoms with van der Waals surface area (Å²) < 4.78 is 5.46. The Morgan fingerprint density at radius 2 is 1.74 bits per heavy atom. The van der Waals surface area contributed by atoms with Gasteiger partial charge in [-0.1, -0.05) is 18.2 Å². The van der Waals surface area contributed by atoms with Gasteiger partial charge < -0.3 is 14.5 Å². The van der Waals surface area contributed by atoms with Crippen LogP contribution in [0.1, 0.15) is 24.2 Å². The minimum Gasteiger partial charge on any atom is -0.378 e. The minimum absolute atomic E-state index is 0.0592. The monoisotopic (exact) mass is 456 g/mol. The van der Waals surface area contributed by atoms with Gasteiger partial charge in [0.15, 0.2) is 0 Å². The fraction of sp³-hybridized carbons (Fsp3) is 0.308. The van der Waals surface area contributed by atoms with Crippen LogP contribution in [-0.2, 0) is 4.74 Å². The largest absolute Gasteiger partial charge is 0.378 e. The van der Waals surface area contributed by atoms with Crippen molar-refractivity contribution in [3.8, 4) is 22.5 Å². The van der Waals surface area contributed by atoms with Crippen LogP contribution in [0.25, 0.3) is 33.4 Å². The number of nitrogens with one attached hydrogen (secondary N) is 1. The summed E-state index contributed by atoms with van der Waals surface area (Å²) in [6.45, 7) is 8.43. The van der Waals surface area contributed by atoms with E-state index in [1.165, 1.54) is 0 Å². The number of nitrogens with zero attached hydrogens (tertiary/aromatic N) is 5. The number of aromatic amines is 1. The zero-order valence-corrected chi connectivity index (χ0v) is 19.5. The third-order valence-electron chi connectivity index (χ3n) is 6.31. The molecule has 2 aromatic carbocycles. The predicted octanol–water partition coefficient (Wildman–Crippen LogP) is 4.01. The molecule has 5 rings (SSSR count). The lowest BCUT2D eigenvalue weighted by Gasteiger charge is -2.27. The molecule has 1 fully saturated rings. The Hall–Kier alpha value is -3.78. The van der Waals surface area contributed by atoms with Crippen LogP contribution in [0.4, 0.5) is 5.82 Å². The maximum Gasteiger partial charge on any atom is 0.253 e. The number of rotatable bonds is 6. The quantitative estimate of drug-likeness (QED) is 0.472. The number of hydrogen-bond donors (Lipinski definition) is 1. The van der Waals surface area contributed by atoms with Crippen molar-refractivity contribution in [1.29, 1.82) is 0 Å². The van der Waals surface area contributed by atoms with Crippen molar-refractivity contribution in [3.05, 3.63) is 60.4 Å². The van der Waals surface area contributed by atoms with E-state index in [2.05, 4.69) is 37.2 Å². The number of hydrogen-bond acceptors (Lipinski definition) is 6. The zero-order valence-electron chi connectivity index (χ0n) is 19.5. The van der Waals surface area contributed by atoms with Crippen LogP contribution in [0.5, 0.6) is 0 Å². The lowest BCUT2D eigenvalue weighted by molar-refractivity contribution is 0.0773. The highest BCUT2D eigenvalue weighted by molar-refractivity contribution is 5.96. The molecule has 2 aromatic heterocycles. The van der Waals surface area contributed by atoms with Crippen molar-refractivity contribution in [3.63, 3.8) is 0 Å². The molecule has 0 atom stereocenters. The lowest BCUT2D eigenvalue weighted by Crippen LogP contribution is -2.36. The molecule has 0 bridgehead atoms. The van der Waals surface area contributed by atoms with E-state index in [9.17, 15) is 4.79 Å². The van der Waals surface area contributed by atoms with Gasteiger partial charge in [0.05, 0.1) is 24.4 Å². The summed E-state index contributed by atoms with van der Waals surface area (Å²) in [7, 11) is 0. The molecule has 3 heterocycles. The normalized spacial score (nSPS) is 13.9. The number of benzene rings is 2. The standard InChI is InChI=1S/C26H28N6O2/c1-3-31(4-2)26(33)19-7-5-18(6-8-19)20-9-10-22-21(15-20)25(30-29-22)23-16-24(28-17-27-23)32-11-13-34-14-12-32/h5-10,15-17H,3-4,11-14H2,1-2H3,(H,29,30). The van der Waals surface area contributed by atoms with Gasteiger partial charge in [0, 0.05) is 43.2 Å². The smallest absolute Gasteiger partial charge is 0.253 e. The Bertz CT molecular complexity index is 1290. The molecule has 8 nitrogen and oxygen atoms in total. The first-order valence-corrected chi connectivity index (χ1v) is 11.7. The molecule has 34 heavy (non-hydrogen) atoms. The van der Waals surface area contributed by atoms with E-state index in [0.717, 1.165) is 52.3 Å². The highest BCUT2D eigenvalue weighted by Gasteiger charge is 2.17. The van der Waals surface area contributed by atoms with Crippen LogP contribution in [-0.4, -0.2) is 70.4 Å². The van der Waals surface area contributed by atoms with E-state index < -0.39 is 0 Å². The van der Waals surface area contributed by atoms with Crippen molar-refractivity contribution in [2.45, 2.75) is 13.8 Å². The fourth-order valence-corrected chi connectivity index (χ4v) is 4.33. The molecule has 1 N–H and O–H groups in total. The number of carbonyl (C=O) groups is 1. The van der Waals surface area contributed by atoms with Gasteiger partial charge in [-0.3, -0.25) is 9.89 Å². The van der Waals surface area contributed by atoms with E-state index in [4.69, 9.17) is 4.74 Å². The molecule has 4 aromatic rings. The molecule has 0 unspecified atom stereocenters. The Kier molecular flexibility index (Phi) is 6.22. The number of carbonyl (C=O) groups excluding carboxylic acids is 1. The summed E-state index contributed by atoms with van der Waals surface area (Å²) >= 11 is 0.